The van der Waals surface area contributed by atoms with Gasteiger partial charge in [-0.15, -0.1) is 0 Å². The van der Waals surface area contributed by atoms with Crippen molar-refractivity contribution >= 4 is 18.7 Å². The zero-order chi connectivity index (χ0) is 23.7. The summed E-state index contributed by atoms with van der Waals surface area (Å²) in [7, 11) is -5.64. The Morgan fingerprint density at radius 1 is 1.32 bits per heavy atom. The van der Waals surface area contributed by atoms with Crippen LogP contribution < -0.4 is 4.89 Å². The predicted octanol–water partition coefficient (Wildman–Crippen LogP) is 2.81. The van der Waals surface area contributed by atoms with Gasteiger partial charge in [0.25, 0.3) is 7.82 Å². The van der Waals surface area contributed by atoms with E-state index in [0.717, 1.165) is 5.52 Å². The first-order chi connectivity index (χ1) is 14.0. The molecule has 1 atom stereocenters. The van der Waals surface area contributed by atoms with E-state index in [2.05, 4.69) is 14.0 Å². The van der Waals surface area contributed by atoms with E-state index in [0.29, 0.717) is 10.9 Å². The molecule has 0 saturated carbocycles. The molecule has 140 valence electrons. The van der Waals surface area contributed by atoms with Gasteiger partial charge < -0.3 is 18.9 Å². The number of rotatable bonds is 8. The number of aromatic nitrogens is 1. The number of phosphoric acid groups is 1. The van der Waals surface area contributed by atoms with Crippen molar-refractivity contribution in [1.82, 2.24) is 4.98 Å². The fraction of sp³-hybridized carbons (Fsp3) is 0.467. The van der Waals surface area contributed by atoms with E-state index in [9.17, 15) is 22.6 Å². The van der Waals surface area contributed by atoms with Crippen LogP contribution >= 0.6 is 7.82 Å². The number of nitrogens with zero attached hydrogens (tertiary/aromatic N) is 1. The van der Waals surface area contributed by atoms with Crippen LogP contribution in [0.4, 0.5) is 13.2 Å². The zero-order valence-corrected chi connectivity index (χ0v) is 13.8. The molecule has 0 saturated heterocycles. The number of H-pyrrole nitrogens is 1. The summed E-state index contributed by atoms with van der Waals surface area (Å²) >= 11 is 0. The fourth-order valence-corrected chi connectivity index (χ4v) is 2.79. The molecule has 1 N–H and O–H groups in total. The second-order valence-corrected chi connectivity index (χ2v) is 6.81. The number of nitrogens with one attached hydrogen (secondary N) is 1. The Morgan fingerprint density at radius 3 is 2.72 bits per heavy atom. The first-order valence-corrected chi connectivity index (χ1v) is 8.53. The van der Waals surface area contributed by atoms with Gasteiger partial charge in [-0.2, -0.15) is 13.2 Å². The van der Waals surface area contributed by atoms with Crippen molar-refractivity contribution < 1.29 is 44.4 Å². The summed E-state index contributed by atoms with van der Waals surface area (Å²) in [6.45, 7) is -10.9. The van der Waals surface area contributed by atoms with Crippen molar-refractivity contribution in [1.29, 1.82) is 0 Å². The Morgan fingerprint density at radius 2 is 2.04 bits per heavy atom. The van der Waals surface area contributed by atoms with Gasteiger partial charge in [0.1, 0.15) is 0 Å². The molecule has 0 amide bonds. The highest BCUT2D eigenvalue weighted by atomic mass is 31.2. The first kappa shape index (κ1) is 12.9. The molecule has 0 bridgehead atoms. The Hall–Kier alpha value is -1.38. The van der Waals surface area contributed by atoms with Gasteiger partial charge in [-0.05, 0) is 11.6 Å². The quantitative estimate of drug-likeness (QED) is 0.430. The molecule has 6 nitrogen and oxygen atoms in total. The van der Waals surface area contributed by atoms with E-state index < -0.39 is 52.3 Å². The van der Waals surface area contributed by atoms with Gasteiger partial charge in [0.2, 0.25) is 0 Å². The lowest BCUT2D eigenvalue weighted by atomic mass is 10.1. The second kappa shape index (κ2) is 7.47. The average molecular weight is 386 g/mol. The van der Waals surface area contributed by atoms with Crippen LogP contribution in [0.25, 0.3) is 10.9 Å². The molecule has 1 aromatic carbocycles. The third-order valence-corrected chi connectivity index (χ3v) is 4.14. The van der Waals surface area contributed by atoms with Crippen molar-refractivity contribution in [3.05, 3.63) is 36.0 Å². The molecule has 0 aliphatic carbocycles. The highest BCUT2D eigenvalue weighted by molar-refractivity contribution is 7.45. The average Bonchev–Trinajstić information content (AvgIpc) is 3.01. The Balaban J connectivity index is 2.30. The number of hydrogen-bond donors (Lipinski definition) is 1. The number of halogens is 3. The summed E-state index contributed by atoms with van der Waals surface area (Å²) in [4.78, 5) is 14.6. The standard InChI is InChI=1S/C15H20F3N2O4P/c1-20(2,11-24-25(21,22)23-10-15(16,17)18)8-7-12-9-19-14-6-4-3-5-13(12)14/h3-6,9,19H,7-8,10-11H2,1-2H3/i1D3,2D3. The van der Waals surface area contributed by atoms with Gasteiger partial charge in [0, 0.05) is 23.5 Å². The maximum atomic E-state index is 12.2. The molecule has 2 rings (SSSR count). The third-order valence-electron chi connectivity index (χ3n) is 3.26. The van der Waals surface area contributed by atoms with Gasteiger partial charge in [-0.3, -0.25) is 9.09 Å². The Bertz CT molecular complexity index is 933. The SMILES string of the molecule is [2H]C([2H])([2H])[N+](CCc1c[nH]c2ccccc12)(COP(=O)([O-])OCC(F)(F)F)C([2H])([2H])[2H]. The van der Waals surface area contributed by atoms with Crippen LogP contribution in [0.15, 0.2) is 30.5 Å². The molecular weight excluding hydrogens is 360 g/mol. The molecule has 0 radical (unpaired) electrons. The van der Waals surface area contributed by atoms with E-state index >= 15 is 0 Å². The Kier molecular flexibility index (Phi) is 3.85. The molecular formula is C15H20F3N2O4P. The van der Waals surface area contributed by atoms with Gasteiger partial charge in [0.05, 0.1) is 28.7 Å². The van der Waals surface area contributed by atoms with Gasteiger partial charge >= 0.3 is 6.18 Å². The van der Waals surface area contributed by atoms with Crippen LogP contribution in [0.2, 0.25) is 0 Å². The lowest BCUT2D eigenvalue weighted by molar-refractivity contribution is -0.906. The summed E-state index contributed by atoms with van der Waals surface area (Å²) in [5.74, 6) is 0. The molecule has 1 unspecified atom stereocenters. The van der Waals surface area contributed by atoms with Crippen LogP contribution in [-0.2, 0) is 20.0 Å². The number of likely N-dealkylation sites (N-methyl/N-ethyl adjacent to an activating group) is 1. The number of quaternary nitrogens is 1. The summed E-state index contributed by atoms with van der Waals surface area (Å²) in [6, 6.07) is 6.97. The minimum absolute atomic E-state index is 0.100. The summed E-state index contributed by atoms with van der Waals surface area (Å²) in [6.07, 6.45) is -3.53. The number of hydrogen-bond acceptors (Lipinski definition) is 4. The molecule has 10 heteroatoms. The van der Waals surface area contributed by atoms with Crippen LogP contribution in [0.1, 0.15) is 13.8 Å². The number of phosphoric ester groups is 1. The molecule has 0 aliphatic rings. The van der Waals surface area contributed by atoms with Crippen molar-refractivity contribution in [3.63, 3.8) is 0 Å². The lowest BCUT2D eigenvalue weighted by Crippen LogP contribution is -2.43. The maximum Gasteiger partial charge on any atom is 0.412 e. The van der Waals surface area contributed by atoms with Crippen molar-refractivity contribution in [3.8, 4) is 0 Å². The second-order valence-electron chi connectivity index (χ2n) is 5.39. The van der Waals surface area contributed by atoms with Crippen LogP contribution in [0.5, 0.6) is 0 Å². The summed E-state index contributed by atoms with van der Waals surface area (Å²) < 4.78 is 101. The monoisotopic (exact) mass is 386 g/mol. The number of fused-ring (bicyclic) bond motifs is 1. The van der Waals surface area contributed by atoms with Crippen LogP contribution in [0, 0.1) is 0 Å². The Labute approximate surface area is 151 Å². The third kappa shape index (κ3) is 6.45. The first-order valence-electron chi connectivity index (χ1n) is 10.1. The normalized spacial score (nSPS) is 20.0. The molecule has 1 heterocycles. The van der Waals surface area contributed by atoms with Crippen molar-refractivity contribution in [2.45, 2.75) is 12.6 Å². The van der Waals surface area contributed by atoms with E-state index in [1.54, 1.807) is 30.5 Å². The van der Waals surface area contributed by atoms with Crippen LogP contribution in [-0.4, -0.2) is 49.5 Å². The number of para-hydroxylation sites is 1. The maximum absolute atomic E-state index is 12.2. The minimum Gasteiger partial charge on any atom is -0.756 e. The fourth-order valence-electron chi connectivity index (χ4n) is 2.07. The molecule has 1 aromatic heterocycles. The molecule has 0 fully saturated rings. The lowest BCUT2D eigenvalue weighted by Gasteiger charge is -2.32. The van der Waals surface area contributed by atoms with E-state index in [4.69, 9.17) is 8.22 Å². The highest BCUT2D eigenvalue weighted by Crippen LogP contribution is 2.40. The minimum atomic E-state index is -5.64. The molecule has 25 heavy (non-hydrogen) atoms. The van der Waals surface area contributed by atoms with Gasteiger partial charge in [-0.1, -0.05) is 18.2 Å². The van der Waals surface area contributed by atoms with Crippen molar-refractivity contribution in [2.24, 2.45) is 0 Å². The van der Waals surface area contributed by atoms with E-state index in [1.807, 2.05) is 0 Å². The van der Waals surface area contributed by atoms with E-state index in [1.165, 1.54) is 0 Å². The predicted molar refractivity (Wildman–Crippen MR) is 84.5 cm³/mol. The highest BCUT2D eigenvalue weighted by Gasteiger charge is 2.31. The summed E-state index contributed by atoms with van der Waals surface area (Å²) in [5.41, 5.74) is 1.30. The van der Waals surface area contributed by atoms with Crippen molar-refractivity contribution in [2.75, 3.05) is 33.8 Å². The molecule has 2 aromatic rings. The summed E-state index contributed by atoms with van der Waals surface area (Å²) in [5, 5.41) is 0.709. The zero-order valence-electron chi connectivity index (χ0n) is 18.9. The van der Waals surface area contributed by atoms with E-state index in [-0.39, 0.29) is 6.42 Å². The molecule has 0 spiro atoms. The number of alkyl halides is 3. The van der Waals surface area contributed by atoms with Crippen LogP contribution in [0.3, 0.4) is 0 Å². The van der Waals surface area contributed by atoms with Gasteiger partial charge in [-0.25, -0.2) is 0 Å². The largest absolute Gasteiger partial charge is 0.756 e. The van der Waals surface area contributed by atoms with Gasteiger partial charge in [0.15, 0.2) is 13.3 Å². The molecule has 0 aliphatic heterocycles. The number of benzene rings is 1. The topological polar surface area (TPSA) is 74.4 Å². The smallest absolute Gasteiger partial charge is 0.412 e. The number of aromatic amines is 1.